The van der Waals surface area contributed by atoms with Gasteiger partial charge in [-0.05, 0) is 19.1 Å². The average molecular weight is 963 g/mol. The number of rotatable bonds is 10. The normalized spacial score (nSPS) is 15.3. The molecule has 1 aliphatic heterocycles. The standard InChI is InChI=1S/C48H41N2O2PS2.Os/c1-6-17-35-30-51-31-36(35)29-41(34(5)53(37-19-11-8-12-20-37,38-21-13-9-14-22-38)39-23-15-10-16-24-39)42-27-28-44(55-42)46-33(4)32(3)45(47-48(46)50-52-49-47)43-26-25-40(54-43)18-7-2;/h7-29H,6,30-31H2,1-4H3;/q+1;/b18-7+,35-17?,36-29?,41-34?;. The second kappa shape index (κ2) is 16.9. The van der Waals surface area contributed by atoms with Gasteiger partial charge in [0.1, 0.15) is 0 Å². The van der Waals surface area contributed by atoms with Crippen LogP contribution in [0.1, 0.15) is 41.1 Å². The molecule has 0 aliphatic carbocycles. The van der Waals surface area contributed by atoms with Crippen LogP contribution in [-0.4, -0.2) is 23.5 Å². The van der Waals surface area contributed by atoms with Crippen LogP contribution in [-0.2, 0) is 22.7 Å². The molecule has 4 aromatic carbocycles. The van der Waals surface area contributed by atoms with E-state index >= 15 is 0 Å². The first kappa shape index (κ1) is 38.3. The van der Waals surface area contributed by atoms with Crippen molar-refractivity contribution in [2.45, 2.75) is 34.1 Å². The van der Waals surface area contributed by atoms with Crippen LogP contribution in [0.15, 0.2) is 155 Å². The molecule has 0 bridgehead atoms. The van der Waals surface area contributed by atoms with Crippen molar-refractivity contribution in [2.75, 3.05) is 13.2 Å². The Balaban J connectivity index is 1.42. The van der Waals surface area contributed by atoms with Crippen molar-refractivity contribution in [3.8, 4) is 25.3 Å². The molecule has 4 heterocycles. The Morgan fingerprint density at radius 3 is 1.80 bits per heavy atom. The van der Waals surface area contributed by atoms with Crippen molar-refractivity contribution in [2.24, 2.45) is 0 Å². The van der Waals surface area contributed by atoms with Crippen molar-refractivity contribution in [1.29, 1.82) is 0 Å². The molecule has 8 heteroatoms. The molecule has 0 saturated carbocycles. The van der Waals surface area contributed by atoms with E-state index in [1.807, 2.05) is 24.9 Å². The van der Waals surface area contributed by atoms with Gasteiger partial charge in [0.05, 0.1) is 0 Å². The van der Waals surface area contributed by atoms with E-state index in [4.69, 9.17) is 9.37 Å². The summed E-state index contributed by atoms with van der Waals surface area (Å²) in [5.74, 6) is 0. The Bertz CT molecular complexity index is 2600. The van der Waals surface area contributed by atoms with Crippen molar-refractivity contribution in [3.63, 3.8) is 0 Å². The van der Waals surface area contributed by atoms with Crippen LogP contribution in [0.25, 0.3) is 43.6 Å². The zero-order chi connectivity index (χ0) is 38.6. The van der Waals surface area contributed by atoms with E-state index in [2.05, 4.69) is 175 Å². The van der Waals surface area contributed by atoms with Crippen LogP contribution in [0.4, 0.5) is 0 Å². The monoisotopic (exact) mass is 964 g/mol. The maximum atomic E-state index is 6.12. The van der Waals surface area contributed by atoms with Crippen LogP contribution in [0.5, 0.6) is 0 Å². The molecule has 8 rings (SSSR count). The Labute approximate surface area is 347 Å². The molecule has 0 radical (unpaired) electrons. The first-order valence-corrected chi connectivity index (χ1v) is 23.4. The molecule has 1 aliphatic rings. The molecular formula is C48H41N2O2OsPS2+. The molecule has 0 N–H and O–H groups in total. The van der Waals surface area contributed by atoms with Crippen LogP contribution >= 0.6 is 29.9 Å². The molecule has 1 saturated heterocycles. The molecule has 1 fully saturated rings. The van der Waals surface area contributed by atoms with E-state index in [0.29, 0.717) is 13.2 Å². The number of allylic oxidation sites excluding steroid dienone is 5. The molecular weight excluding hydrogens is 922 g/mol. The molecule has 0 spiro atoms. The van der Waals surface area contributed by atoms with Gasteiger partial charge in [0, 0.05) is 4.88 Å². The summed E-state index contributed by atoms with van der Waals surface area (Å²) < 4.78 is 15.6. The van der Waals surface area contributed by atoms with Crippen molar-refractivity contribution >= 4 is 68.5 Å². The fourth-order valence-electron chi connectivity index (χ4n) is 7.74. The minimum absolute atomic E-state index is 0.573. The third-order valence-electron chi connectivity index (χ3n) is 10.4. The fraction of sp³-hybridized carbons (Fsp3) is 0.146. The fourth-order valence-corrected chi connectivity index (χ4v) is 15.8. The predicted molar refractivity (Wildman–Crippen MR) is 236 cm³/mol. The zero-order valence-corrected chi connectivity index (χ0v) is 36.8. The number of nitrogens with zero attached hydrogens (tertiary/aromatic N) is 2. The number of hydrogen-bond acceptors (Lipinski definition) is 6. The van der Waals surface area contributed by atoms with Gasteiger partial charge in [-0.3, -0.25) is 0 Å². The maximum absolute atomic E-state index is 6.12. The SMILES string of the molecule is C/C=C/c1ccc(-c2c(C)c(C)c(-c3ccc(C(C=C4COCC4=CCC)=C([C]#[Os])[P+](c4ccccc4)(c4ccccc4)c4ccccc4)s3)c3nonc23)s1. The second-order valence-electron chi connectivity index (χ2n) is 13.7. The Kier molecular flexibility index (Phi) is 11.6. The van der Waals surface area contributed by atoms with E-state index in [1.54, 1.807) is 22.7 Å². The van der Waals surface area contributed by atoms with Crippen molar-refractivity contribution in [1.82, 2.24) is 10.3 Å². The molecule has 3 aromatic heterocycles. The number of thiophene rings is 2. The summed E-state index contributed by atoms with van der Waals surface area (Å²) in [6.07, 6.45) is 9.87. The van der Waals surface area contributed by atoms with Crippen LogP contribution < -0.4 is 15.9 Å². The van der Waals surface area contributed by atoms with Gasteiger partial charge in [-0.15, -0.1) is 0 Å². The van der Waals surface area contributed by atoms with E-state index in [-0.39, 0.29) is 0 Å². The first-order chi connectivity index (χ1) is 27.5. The molecule has 0 amide bonds. The van der Waals surface area contributed by atoms with E-state index in [9.17, 15) is 0 Å². The van der Waals surface area contributed by atoms with Gasteiger partial charge in [-0.2, -0.15) is 0 Å². The summed E-state index contributed by atoms with van der Waals surface area (Å²) in [5.41, 5.74) is 9.72. The van der Waals surface area contributed by atoms with Crippen LogP contribution in [0.2, 0.25) is 0 Å². The quantitative estimate of drug-likeness (QED) is 0.128. The third-order valence-corrected chi connectivity index (χ3v) is 18.0. The van der Waals surface area contributed by atoms with Crippen molar-refractivity contribution in [3.05, 3.63) is 171 Å². The molecule has 4 nitrogen and oxygen atoms in total. The number of hydrogen-bond donors (Lipinski definition) is 0. The van der Waals surface area contributed by atoms with Gasteiger partial charge in [0.15, 0.2) is 0 Å². The average Bonchev–Trinajstić information content (AvgIpc) is 4.08. The van der Waals surface area contributed by atoms with Gasteiger partial charge >= 0.3 is 320 Å². The number of ether oxygens (including phenoxy) is 1. The summed E-state index contributed by atoms with van der Waals surface area (Å²) in [5, 5.41) is 14.1. The van der Waals surface area contributed by atoms with Crippen LogP contribution in [0.3, 0.4) is 0 Å². The predicted octanol–water partition coefficient (Wildman–Crippen LogP) is 11.8. The van der Waals surface area contributed by atoms with Gasteiger partial charge in [-0.25, -0.2) is 0 Å². The van der Waals surface area contributed by atoms with Crippen LogP contribution in [0, 0.1) is 18.2 Å². The molecule has 0 unspecified atom stereocenters. The van der Waals surface area contributed by atoms with E-state index in [1.165, 1.54) is 54.0 Å². The van der Waals surface area contributed by atoms with Gasteiger partial charge in [0.2, 0.25) is 0 Å². The Morgan fingerprint density at radius 1 is 0.732 bits per heavy atom. The van der Waals surface area contributed by atoms with Crippen molar-refractivity contribution < 1.29 is 27.3 Å². The van der Waals surface area contributed by atoms with Gasteiger partial charge in [0.25, 0.3) is 0 Å². The summed E-state index contributed by atoms with van der Waals surface area (Å²) in [4.78, 5) is 4.65. The zero-order valence-electron chi connectivity index (χ0n) is 31.7. The summed E-state index contributed by atoms with van der Waals surface area (Å²) >= 11 is 5.37. The number of benzene rings is 4. The third kappa shape index (κ3) is 6.93. The molecule has 0 atom stereocenters. The molecule has 56 heavy (non-hydrogen) atoms. The Morgan fingerprint density at radius 2 is 1.27 bits per heavy atom. The number of aromatic nitrogens is 2. The second-order valence-corrected chi connectivity index (χ2v) is 19.8. The first-order valence-electron chi connectivity index (χ1n) is 18.7. The number of fused-ring (bicyclic) bond motifs is 1. The van der Waals surface area contributed by atoms with Gasteiger partial charge in [-0.1, -0.05) is 6.08 Å². The molecule has 279 valence electrons. The topological polar surface area (TPSA) is 48.2 Å². The summed E-state index contributed by atoms with van der Waals surface area (Å²) in [6, 6.07) is 42.0. The van der Waals surface area contributed by atoms with E-state index < -0.39 is 7.26 Å². The summed E-state index contributed by atoms with van der Waals surface area (Å²) in [7, 11) is -2.49. The minimum atomic E-state index is -2.49. The Hall–Kier alpha value is -4.55. The van der Waals surface area contributed by atoms with E-state index in [0.717, 1.165) is 43.2 Å². The van der Waals surface area contributed by atoms with Gasteiger partial charge < -0.3 is 0 Å². The summed E-state index contributed by atoms with van der Waals surface area (Å²) in [6.45, 7) is 9.83. The molecule has 7 aromatic rings.